The fraction of sp³-hybridized carbons (Fsp3) is 0.107. The normalized spacial score (nSPS) is 11.3. The number of carbonyl (C=O) groups is 1. The zero-order valence-corrected chi connectivity index (χ0v) is 20.7. The van der Waals surface area contributed by atoms with E-state index in [9.17, 15) is 4.79 Å². The van der Waals surface area contributed by atoms with Gasteiger partial charge in [0.25, 0.3) is 0 Å². The van der Waals surface area contributed by atoms with E-state index in [4.69, 9.17) is 20.8 Å². The lowest BCUT2D eigenvalue weighted by atomic mass is 10.1. The minimum atomic E-state index is -0.281. The number of aromatic nitrogens is 3. The van der Waals surface area contributed by atoms with E-state index in [2.05, 4.69) is 15.5 Å². The summed E-state index contributed by atoms with van der Waals surface area (Å²) in [6.45, 7) is 3.86. The molecule has 0 radical (unpaired) electrons. The van der Waals surface area contributed by atoms with E-state index in [1.807, 2.05) is 80.6 Å². The molecule has 5 rings (SSSR count). The molecular weight excluding hydrogens is 476 g/mol. The summed E-state index contributed by atoms with van der Waals surface area (Å²) >= 11 is 6.22. The minimum Gasteiger partial charge on any atom is -0.497 e. The third-order valence-corrected chi connectivity index (χ3v) is 6.18. The molecule has 5 aromatic rings. The van der Waals surface area contributed by atoms with Gasteiger partial charge in [0, 0.05) is 22.3 Å². The van der Waals surface area contributed by atoms with Crippen molar-refractivity contribution in [2.45, 2.75) is 13.8 Å². The van der Waals surface area contributed by atoms with Crippen LogP contribution in [-0.2, 0) is 4.79 Å². The average Bonchev–Trinajstić information content (AvgIpc) is 3.52. The smallest absolute Gasteiger partial charge is 0.248 e. The molecule has 7 nitrogen and oxygen atoms in total. The highest BCUT2D eigenvalue weighted by Gasteiger charge is 2.11. The first-order valence-electron chi connectivity index (χ1n) is 11.3. The number of nitrogens with zero attached hydrogens (tertiary/aromatic N) is 3. The first kappa shape index (κ1) is 23.4. The Hall–Kier alpha value is -4.36. The molecule has 0 spiro atoms. The van der Waals surface area contributed by atoms with E-state index in [1.54, 1.807) is 18.0 Å². The van der Waals surface area contributed by atoms with Gasteiger partial charge in [-0.05, 0) is 85.6 Å². The number of rotatable bonds is 6. The Morgan fingerprint density at radius 1 is 0.972 bits per heavy atom. The zero-order chi connectivity index (χ0) is 25.2. The number of fused-ring (bicyclic) bond motifs is 1. The number of hydrogen-bond donors (Lipinski definition) is 1. The van der Waals surface area contributed by atoms with Crippen LogP contribution in [0, 0.1) is 13.8 Å². The number of ether oxygens (including phenoxy) is 1. The van der Waals surface area contributed by atoms with Crippen molar-refractivity contribution < 1.29 is 13.9 Å². The molecule has 0 saturated heterocycles. The number of nitrogens with one attached hydrogen (secondary N) is 1. The number of anilines is 1. The van der Waals surface area contributed by atoms with E-state index in [0.29, 0.717) is 27.7 Å². The standard InChI is InChI=1S/C28H23ClN4O3/c1-17-4-5-19(15-23(17)29)27-12-10-22(36-27)11-13-28(34)30-24-16-26-25(14-18(24)2)31-33(32-26)20-6-8-21(35-3)9-7-20/h4-16H,1-3H3,(H,30,34)/b13-11+. The van der Waals surface area contributed by atoms with Gasteiger partial charge in [0.15, 0.2) is 0 Å². The van der Waals surface area contributed by atoms with Crippen LogP contribution >= 0.6 is 11.6 Å². The van der Waals surface area contributed by atoms with Gasteiger partial charge < -0.3 is 14.5 Å². The van der Waals surface area contributed by atoms with Gasteiger partial charge in [-0.1, -0.05) is 23.7 Å². The van der Waals surface area contributed by atoms with E-state index in [0.717, 1.165) is 33.6 Å². The molecule has 0 aliphatic rings. The van der Waals surface area contributed by atoms with Crippen LogP contribution < -0.4 is 10.1 Å². The summed E-state index contributed by atoms with van der Waals surface area (Å²) in [5.41, 5.74) is 5.63. The van der Waals surface area contributed by atoms with Gasteiger partial charge in [0.1, 0.15) is 28.3 Å². The van der Waals surface area contributed by atoms with E-state index < -0.39 is 0 Å². The number of hydrogen-bond acceptors (Lipinski definition) is 5. The van der Waals surface area contributed by atoms with Gasteiger partial charge in [-0.25, -0.2) is 0 Å². The molecule has 2 aromatic heterocycles. The lowest BCUT2D eigenvalue weighted by Crippen LogP contribution is -2.08. The topological polar surface area (TPSA) is 82.2 Å². The average molecular weight is 499 g/mol. The monoisotopic (exact) mass is 498 g/mol. The van der Waals surface area contributed by atoms with Crippen molar-refractivity contribution >= 4 is 40.3 Å². The number of benzene rings is 3. The van der Waals surface area contributed by atoms with E-state index >= 15 is 0 Å². The van der Waals surface area contributed by atoms with Crippen LogP contribution in [-0.4, -0.2) is 28.0 Å². The predicted octanol–water partition coefficient (Wildman–Crippen LogP) is 6.61. The maximum Gasteiger partial charge on any atom is 0.248 e. The summed E-state index contributed by atoms with van der Waals surface area (Å²) in [6.07, 6.45) is 3.06. The van der Waals surface area contributed by atoms with Crippen LogP contribution in [0.15, 0.2) is 77.2 Å². The van der Waals surface area contributed by atoms with Gasteiger partial charge in [-0.2, -0.15) is 4.80 Å². The van der Waals surface area contributed by atoms with Gasteiger partial charge in [-0.15, -0.1) is 10.2 Å². The molecule has 2 heterocycles. The van der Waals surface area contributed by atoms with Crippen LogP contribution in [0.25, 0.3) is 34.1 Å². The van der Waals surface area contributed by atoms with E-state index in [-0.39, 0.29) is 5.91 Å². The van der Waals surface area contributed by atoms with Crippen molar-refractivity contribution in [2.75, 3.05) is 12.4 Å². The number of aryl methyl sites for hydroxylation is 2. The van der Waals surface area contributed by atoms with Gasteiger partial charge in [0.05, 0.1) is 12.8 Å². The first-order chi connectivity index (χ1) is 17.4. The first-order valence-corrected chi connectivity index (χ1v) is 11.6. The molecule has 1 N–H and O–H groups in total. The quantitative estimate of drug-likeness (QED) is 0.266. The summed E-state index contributed by atoms with van der Waals surface area (Å²) in [4.78, 5) is 14.2. The highest BCUT2D eigenvalue weighted by atomic mass is 35.5. The highest BCUT2D eigenvalue weighted by molar-refractivity contribution is 6.31. The Morgan fingerprint density at radius 2 is 1.72 bits per heavy atom. The van der Waals surface area contributed by atoms with Crippen LogP contribution in [0.4, 0.5) is 5.69 Å². The molecule has 0 saturated carbocycles. The van der Waals surface area contributed by atoms with Crippen molar-refractivity contribution in [3.05, 3.63) is 94.7 Å². The Kier molecular flexibility index (Phi) is 6.31. The number of amides is 1. The third-order valence-electron chi connectivity index (χ3n) is 5.77. The molecule has 1 amide bonds. The molecule has 8 heteroatoms. The highest BCUT2D eigenvalue weighted by Crippen LogP contribution is 2.27. The Bertz CT molecular complexity index is 1600. The fourth-order valence-electron chi connectivity index (χ4n) is 3.71. The van der Waals surface area contributed by atoms with Crippen LogP contribution in [0.5, 0.6) is 5.75 Å². The van der Waals surface area contributed by atoms with Gasteiger partial charge in [0.2, 0.25) is 5.91 Å². The summed E-state index contributed by atoms with van der Waals surface area (Å²) in [6, 6.07) is 20.6. The lowest BCUT2D eigenvalue weighted by Gasteiger charge is -2.05. The molecule has 0 atom stereocenters. The number of furan rings is 1. The predicted molar refractivity (Wildman–Crippen MR) is 142 cm³/mol. The molecule has 3 aromatic carbocycles. The fourth-order valence-corrected chi connectivity index (χ4v) is 3.89. The molecule has 0 fully saturated rings. The summed E-state index contributed by atoms with van der Waals surface area (Å²) in [5, 5.41) is 12.7. The van der Waals surface area contributed by atoms with Crippen molar-refractivity contribution in [3.63, 3.8) is 0 Å². The molecule has 0 bridgehead atoms. The Morgan fingerprint density at radius 3 is 2.44 bits per heavy atom. The Balaban J connectivity index is 1.30. The largest absolute Gasteiger partial charge is 0.497 e. The summed E-state index contributed by atoms with van der Waals surface area (Å²) in [7, 11) is 1.62. The molecular formula is C28H23ClN4O3. The van der Waals surface area contributed by atoms with Gasteiger partial charge >= 0.3 is 0 Å². The van der Waals surface area contributed by atoms with Crippen LogP contribution in [0.1, 0.15) is 16.9 Å². The van der Waals surface area contributed by atoms with Crippen molar-refractivity contribution in [1.29, 1.82) is 0 Å². The van der Waals surface area contributed by atoms with Gasteiger partial charge in [-0.3, -0.25) is 4.79 Å². The molecule has 0 unspecified atom stereocenters. The SMILES string of the molecule is COc1ccc(-n2nc3cc(C)c(NC(=O)/C=C/c4ccc(-c5ccc(C)c(Cl)c5)o4)cc3n2)cc1. The second kappa shape index (κ2) is 9.71. The zero-order valence-electron chi connectivity index (χ0n) is 19.9. The van der Waals surface area contributed by atoms with Crippen molar-refractivity contribution in [2.24, 2.45) is 0 Å². The summed E-state index contributed by atoms with van der Waals surface area (Å²) in [5.74, 6) is 1.72. The maximum atomic E-state index is 12.6. The van der Waals surface area contributed by atoms with Crippen LogP contribution in [0.3, 0.4) is 0 Å². The van der Waals surface area contributed by atoms with E-state index in [1.165, 1.54) is 6.08 Å². The third kappa shape index (κ3) is 4.87. The molecule has 0 aliphatic carbocycles. The maximum absolute atomic E-state index is 12.6. The summed E-state index contributed by atoms with van der Waals surface area (Å²) < 4.78 is 11.1. The van der Waals surface area contributed by atoms with Crippen LogP contribution in [0.2, 0.25) is 5.02 Å². The second-order valence-corrected chi connectivity index (χ2v) is 8.74. The minimum absolute atomic E-state index is 0.281. The second-order valence-electron chi connectivity index (χ2n) is 8.33. The number of carbonyl (C=O) groups excluding carboxylic acids is 1. The lowest BCUT2D eigenvalue weighted by molar-refractivity contribution is -0.111. The number of halogens is 1. The molecule has 0 aliphatic heterocycles. The van der Waals surface area contributed by atoms with Crippen molar-refractivity contribution in [3.8, 4) is 22.8 Å². The van der Waals surface area contributed by atoms with Crippen molar-refractivity contribution in [1.82, 2.24) is 15.0 Å². The number of methoxy groups -OCH3 is 1. The molecule has 180 valence electrons. The molecule has 36 heavy (non-hydrogen) atoms. The Labute approximate surface area is 213 Å².